The Labute approximate surface area is 112 Å². The van der Waals surface area contributed by atoms with Crippen LogP contribution in [0.1, 0.15) is 17.5 Å². The fourth-order valence-corrected chi connectivity index (χ4v) is 1.97. The zero-order valence-corrected chi connectivity index (χ0v) is 11.2. The van der Waals surface area contributed by atoms with E-state index in [1.54, 1.807) is 6.07 Å². The Morgan fingerprint density at radius 3 is 2.56 bits per heavy atom. The Hall–Kier alpha value is -1.88. The van der Waals surface area contributed by atoms with Gasteiger partial charge in [0.2, 0.25) is 5.91 Å². The maximum absolute atomic E-state index is 11.5. The molecule has 92 valence electrons. The van der Waals surface area contributed by atoms with Gasteiger partial charge in [-0.3, -0.25) is 14.9 Å². The number of rotatable bonds is 2. The highest BCUT2D eigenvalue weighted by Crippen LogP contribution is 2.29. The molecule has 1 heterocycles. The molecule has 1 aromatic heterocycles. The first kappa shape index (κ1) is 12.6. The number of imide groups is 1. The molecule has 0 unspecified atom stereocenters. The summed E-state index contributed by atoms with van der Waals surface area (Å²) < 4.78 is 6.29. The molecule has 0 aliphatic heterocycles. The van der Waals surface area contributed by atoms with Crippen molar-refractivity contribution < 1.29 is 14.0 Å². The van der Waals surface area contributed by atoms with Crippen LogP contribution < -0.4 is 5.32 Å². The number of halogens is 1. The van der Waals surface area contributed by atoms with Gasteiger partial charge in [-0.15, -0.1) is 0 Å². The topological polar surface area (TPSA) is 59.3 Å². The Kier molecular flexibility index (Phi) is 3.62. The molecule has 0 radical (unpaired) electrons. The van der Waals surface area contributed by atoms with Crippen LogP contribution in [0.3, 0.4) is 0 Å². The summed E-state index contributed by atoms with van der Waals surface area (Å²) >= 11 is 3.40. The van der Waals surface area contributed by atoms with E-state index >= 15 is 0 Å². The summed E-state index contributed by atoms with van der Waals surface area (Å²) in [6, 6.07) is 10.7. The van der Waals surface area contributed by atoms with Crippen LogP contribution in [0.5, 0.6) is 0 Å². The van der Waals surface area contributed by atoms with Crippen molar-refractivity contribution in [3.63, 3.8) is 0 Å². The first-order valence-corrected chi connectivity index (χ1v) is 6.04. The number of benzene rings is 1. The molecule has 2 amide bonds. The predicted octanol–water partition coefficient (Wildman–Crippen LogP) is 2.99. The third-order valence-electron chi connectivity index (χ3n) is 2.26. The number of carbonyl (C=O) groups excluding carboxylic acids is 2. The van der Waals surface area contributed by atoms with Gasteiger partial charge in [-0.2, -0.15) is 0 Å². The highest BCUT2D eigenvalue weighted by Gasteiger charge is 2.14. The average Bonchev–Trinajstić information content (AvgIpc) is 2.78. The minimum Gasteiger partial charge on any atom is -0.451 e. The molecular weight excluding hydrogens is 298 g/mol. The lowest BCUT2D eigenvalue weighted by molar-refractivity contribution is -0.118. The smallest absolute Gasteiger partial charge is 0.293 e. The summed E-state index contributed by atoms with van der Waals surface area (Å²) in [5, 5.41) is 2.16. The molecule has 0 fully saturated rings. The standard InChI is InChI=1S/C13H10BrNO3/c1-8(16)15-13(17)12-7-6-11(18-12)9-4-2-3-5-10(9)14/h2-7H,1H3,(H,15,16,17). The largest absolute Gasteiger partial charge is 0.451 e. The third kappa shape index (κ3) is 2.68. The van der Waals surface area contributed by atoms with Crippen LogP contribution in [0.4, 0.5) is 0 Å². The van der Waals surface area contributed by atoms with Gasteiger partial charge in [0, 0.05) is 17.0 Å². The van der Waals surface area contributed by atoms with Crippen LogP contribution in [0.25, 0.3) is 11.3 Å². The second-order valence-electron chi connectivity index (χ2n) is 3.65. The highest BCUT2D eigenvalue weighted by atomic mass is 79.9. The Bertz CT molecular complexity index is 604. The van der Waals surface area contributed by atoms with Crippen molar-refractivity contribution in [2.45, 2.75) is 6.92 Å². The van der Waals surface area contributed by atoms with Crippen LogP contribution >= 0.6 is 15.9 Å². The second kappa shape index (κ2) is 5.18. The number of amides is 2. The lowest BCUT2D eigenvalue weighted by atomic mass is 10.2. The lowest BCUT2D eigenvalue weighted by Gasteiger charge is -2.00. The van der Waals surface area contributed by atoms with Crippen LogP contribution in [-0.4, -0.2) is 11.8 Å². The average molecular weight is 308 g/mol. The van der Waals surface area contributed by atoms with Crippen molar-refractivity contribution in [3.05, 3.63) is 46.6 Å². The van der Waals surface area contributed by atoms with E-state index in [1.165, 1.54) is 13.0 Å². The van der Waals surface area contributed by atoms with Crippen molar-refractivity contribution in [1.29, 1.82) is 0 Å². The Morgan fingerprint density at radius 2 is 1.89 bits per heavy atom. The maximum Gasteiger partial charge on any atom is 0.293 e. The van der Waals surface area contributed by atoms with Gasteiger partial charge < -0.3 is 4.42 Å². The van der Waals surface area contributed by atoms with Gasteiger partial charge in [-0.25, -0.2) is 0 Å². The van der Waals surface area contributed by atoms with Crippen LogP contribution in [-0.2, 0) is 4.79 Å². The molecular formula is C13H10BrNO3. The van der Waals surface area contributed by atoms with Gasteiger partial charge in [-0.1, -0.05) is 34.1 Å². The highest BCUT2D eigenvalue weighted by molar-refractivity contribution is 9.10. The van der Waals surface area contributed by atoms with E-state index in [0.29, 0.717) is 5.76 Å². The van der Waals surface area contributed by atoms with E-state index in [1.807, 2.05) is 24.3 Å². The van der Waals surface area contributed by atoms with Crippen molar-refractivity contribution in [2.75, 3.05) is 0 Å². The van der Waals surface area contributed by atoms with Crippen LogP contribution in [0.15, 0.2) is 45.3 Å². The van der Waals surface area contributed by atoms with Crippen LogP contribution in [0.2, 0.25) is 0 Å². The molecule has 18 heavy (non-hydrogen) atoms. The predicted molar refractivity (Wildman–Crippen MR) is 70.0 cm³/mol. The van der Waals surface area contributed by atoms with Crippen molar-refractivity contribution in [3.8, 4) is 11.3 Å². The fourth-order valence-electron chi connectivity index (χ4n) is 1.49. The Morgan fingerprint density at radius 1 is 1.17 bits per heavy atom. The Balaban J connectivity index is 2.29. The SMILES string of the molecule is CC(=O)NC(=O)c1ccc(-c2ccccc2Br)o1. The molecule has 0 saturated heterocycles. The molecule has 0 saturated carbocycles. The fraction of sp³-hybridized carbons (Fsp3) is 0.0769. The van der Waals surface area contributed by atoms with Crippen molar-refractivity contribution >= 4 is 27.7 Å². The monoisotopic (exact) mass is 307 g/mol. The van der Waals surface area contributed by atoms with Gasteiger partial charge in [0.05, 0.1) is 0 Å². The summed E-state index contributed by atoms with van der Waals surface area (Å²) in [7, 11) is 0. The molecule has 0 spiro atoms. The van der Waals surface area contributed by atoms with E-state index in [2.05, 4.69) is 21.2 Å². The molecule has 4 nitrogen and oxygen atoms in total. The number of furan rings is 1. The molecule has 1 N–H and O–H groups in total. The second-order valence-corrected chi connectivity index (χ2v) is 4.51. The lowest BCUT2D eigenvalue weighted by Crippen LogP contribution is -2.27. The normalized spacial score (nSPS) is 10.1. The summed E-state index contributed by atoms with van der Waals surface area (Å²) in [5.41, 5.74) is 0.847. The third-order valence-corrected chi connectivity index (χ3v) is 2.95. The number of hydrogen-bond acceptors (Lipinski definition) is 3. The van der Waals surface area contributed by atoms with E-state index in [-0.39, 0.29) is 5.76 Å². The quantitative estimate of drug-likeness (QED) is 0.928. The minimum absolute atomic E-state index is 0.107. The van der Waals surface area contributed by atoms with Gasteiger partial charge in [0.1, 0.15) is 5.76 Å². The summed E-state index contributed by atoms with van der Waals surface area (Å²) in [5.74, 6) is -0.285. The van der Waals surface area contributed by atoms with Crippen LogP contribution in [0, 0.1) is 0 Å². The molecule has 0 atom stereocenters. The van der Waals surface area contributed by atoms with Gasteiger partial charge >= 0.3 is 0 Å². The van der Waals surface area contributed by atoms with Crippen molar-refractivity contribution in [1.82, 2.24) is 5.32 Å². The van der Waals surface area contributed by atoms with E-state index in [4.69, 9.17) is 4.42 Å². The number of hydrogen-bond donors (Lipinski definition) is 1. The van der Waals surface area contributed by atoms with Gasteiger partial charge in [0.15, 0.2) is 5.76 Å². The summed E-state index contributed by atoms with van der Waals surface area (Å²) in [4.78, 5) is 22.3. The maximum atomic E-state index is 11.5. The molecule has 1 aromatic carbocycles. The number of nitrogens with one attached hydrogen (secondary N) is 1. The molecule has 5 heteroatoms. The zero-order valence-electron chi connectivity index (χ0n) is 9.57. The molecule has 0 aliphatic rings. The van der Waals surface area contributed by atoms with Crippen molar-refractivity contribution in [2.24, 2.45) is 0 Å². The molecule has 2 rings (SSSR count). The summed E-state index contributed by atoms with van der Waals surface area (Å²) in [6.45, 7) is 1.27. The van der Waals surface area contributed by atoms with E-state index in [9.17, 15) is 9.59 Å². The zero-order chi connectivity index (χ0) is 13.1. The van der Waals surface area contributed by atoms with Gasteiger partial charge in [-0.05, 0) is 18.2 Å². The first-order chi connectivity index (χ1) is 8.58. The number of carbonyl (C=O) groups is 2. The van der Waals surface area contributed by atoms with E-state index in [0.717, 1.165) is 10.0 Å². The van der Waals surface area contributed by atoms with Gasteiger partial charge in [0.25, 0.3) is 5.91 Å². The van der Waals surface area contributed by atoms with E-state index < -0.39 is 11.8 Å². The molecule has 0 aliphatic carbocycles. The molecule has 0 bridgehead atoms. The summed E-state index contributed by atoms with van der Waals surface area (Å²) in [6.07, 6.45) is 0. The first-order valence-electron chi connectivity index (χ1n) is 5.24. The molecule has 2 aromatic rings. The minimum atomic E-state index is -0.541.